The van der Waals surface area contributed by atoms with Crippen LogP contribution in [0.2, 0.25) is 0 Å². The van der Waals surface area contributed by atoms with Crippen LogP contribution in [0.25, 0.3) is 11.0 Å². The molecule has 2 amide bonds. The zero-order chi connectivity index (χ0) is 22.9. The van der Waals surface area contributed by atoms with E-state index in [2.05, 4.69) is 5.32 Å². The second kappa shape index (κ2) is 8.43. The van der Waals surface area contributed by atoms with Gasteiger partial charge in [0, 0.05) is 5.69 Å². The first kappa shape index (κ1) is 20.8. The van der Waals surface area contributed by atoms with Crippen molar-refractivity contribution in [3.8, 4) is 5.75 Å². The van der Waals surface area contributed by atoms with Crippen molar-refractivity contribution in [1.29, 1.82) is 0 Å². The Morgan fingerprint density at radius 2 is 1.76 bits per heavy atom. The Kier molecular flexibility index (Phi) is 5.30. The van der Waals surface area contributed by atoms with Crippen LogP contribution >= 0.6 is 0 Å². The van der Waals surface area contributed by atoms with Crippen molar-refractivity contribution in [1.82, 2.24) is 9.55 Å². The largest absolute Gasteiger partial charge is 0.497 e. The van der Waals surface area contributed by atoms with E-state index in [4.69, 9.17) is 9.72 Å². The monoisotopic (exact) mass is 440 g/mol. The van der Waals surface area contributed by atoms with Gasteiger partial charge in [0.1, 0.15) is 11.8 Å². The predicted molar refractivity (Wildman–Crippen MR) is 127 cm³/mol. The number of fused-ring (bicyclic) bond motifs is 3. The summed E-state index contributed by atoms with van der Waals surface area (Å²) in [5.74, 6) is 0.914. The second-order valence-corrected chi connectivity index (χ2v) is 8.18. The normalized spacial score (nSPS) is 15.0. The number of aromatic nitrogens is 2. The summed E-state index contributed by atoms with van der Waals surface area (Å²) in [6, 6.07) is 22.2. The molecule has 1 unspecified atom stereocenters. The topological polar surface area (TPSA) is 76.5 Å². The molecule has 1 N–H and O–H groups in total. The van der Waals surface area contributed by atoms with Gasteiger partial charge in [0.2, 0.25) is 11.9 Å². The number of rotatable bonds is 6. The Morgan fingerprint density at radius 3 is 2.48 bits per heavy atom. The van der Waals surface area contributed by atoms with Crippen molar-refractivity contribution in [2.45, 2.75) is 25.9 Å². The van der Waals surface area contributed by atoms with Crippen LogP contribution in [0.1, 0.15) is 23.6 Å². The Morgan fingerprint density at radius 1 is 1.03 bits per heavy atom. The molecular formula is C26H24N4O3. The number of aryl methyl sites for hydroxylation is 1. The average molecular weight is 441 g/mol. The summed E-state index contributed by atoms with van der Waals surface area (Å²) in [6.07, 6.45) is 0.0165. The lowest BCUT2D eigenvalue weighted by Gasteiger charge is -2.16. The number of nitrogens with zero attached hydrogens (tertiary/aromatic N) is 3. The number of ether oxygens (including phenoxy) is 1. The molecule has 1 aliphatic heterocycles. The first-order valence-corrected chi connectivity index (χ1v) is 10.8. The molecular weight excluding hydrogens is 416 g/mol. The molecule has 1 atom stereocenters. The molecule has 7 nitrogen and oxygen atoms in total. The molecule has 33 heavy (non-hydrogen) atoms. The lowest BCUT2D eigenvalue weighted by Crippen LogP contribution is -2.31. The van der Waals surface area contributed by atoms with Gasteiger partial charge in [-0.05, 0) is 48.9 Å². The molecule has 5 rings (SSSR count). The number of para-hydroxylation sites is 2. The standard InChI is InChI=1S/C26H24N4O3/c1-17-7-9-18(10-8-17)16-29-25(32)23(30-22-6-4-3-5-21(22)28-26(29)30)15-24(31)27-19-11-13-20(33-2)14-12-19/h3-14,23H,15-16H2,1-2H3,(H,27,31). The van der Waals surface area contributed by atoms with Crippen LogP contribution in [0.4, 0.5) is 11.6 Å². The van der Waals surface area contributed by atoms with E-state index in [-0.39, 0.29) is 18.2 Å². The summed E-state index contributed by atoms with van der Waals surface area (Å²) in [7, 11) is 1.59. The maximum atomic E-state index is 13.5. The Labute approximate surface area is 191 Å². The van der Waals surface area contributed by atoms with E-state index < -0.39 is 6.04 Å². The Bertz CT molecular complexity index is 1330. The van der Waals surface area contributed by atoms with Gasteiger partial charge in [-0.3, -0.25) is 19.1 Å². The third-order valence-corrected chi connectivity index (χ3v) is 5.90. The molecule has 0 saturated heterocycles. The fraction of sp³-hybridized carbons (Fsp3) is 0.192. The van der Waals surface area contributed by atoms with Gasteiger partial charge in [-0.25, -0.2) is 4.98 Å². The molecule has 2 heterocycles. The molecule has 0 spiro atoms. The van der Waals surface area contributed by atoms with Crippen LogP contribution in [0.3, 0.4) is 0 Å². The van der Waals surface area contributed by atoms with E-state index in [1.54, 1.807) is 36.3 Å². The van der Waals surface area contributed by atoms with E-state index in [9.17, 15) is 9.59 Å². The molecule has 1 aliphatic rings. The Balaban J connectivity index is 1.43. The lowest BCUT2D eigenvalue weighted by atomic mass is 10.1. The van der Waals surface area contributed by atoms with Gasteiger partial charge in [0.25, 0.3) is 5.91 Å². The highest BCUT2D eigenvalue weighted by atomic mass is 16.5. The predicted octanol–water partition coefficient (Wildman–Crippen LogP) is 4.47. The highest BCUT2D eigenvalue weighted by Crippen LogP contribution is 2.37. The minimum absolute atomic E-state index is 0.0165. The van der Waals surface area contributed by atoms with Crippen LogP contribution in [-0.4, -0.2) is 28.5 Å². The summed E-state index contributed by atoms with van der Waals surface area (Å²) in [4.78, 5) is 32.8. The van der Waals surface area contributed by atoms with Crippen molar-refractivity contribution >= 4 is 34.5 Å². The maximum Gasteiger partial charge on any atom is 0.253 e. The van der Waals surface area contributed by atoms with Crippen LogP contribution in [0, 0.1) is 6.92 Å². The number of amides is 2. The number of carbonyl (C=O) groups excluding carboxylic acids is 2. The van der Waals surface area contributed by atoms with Gasteiger partial charge in [-0.2, -0.15) is 0 Å². The Hall–Kier alpha value is -4.13. The van der Waals surface area contributed by atoms with Gasteiger partial charge < -0.3 is 10.1 Å². The van der Waals surface area contributed by atoms with Crippen LogP contribution in [0.5, 0.6) is 5.75 Å². The van der Waals surface area contributed by atoms with Gasteiger partial charge in [-0.1, -0.05) is 42.0 Å². The summed E-state index contributed by atoms with van der Waals surface area (Å²) in [5.41, 5.74) is 4.46. The number of imidazole rings is 1. The van der Waals surface area contributed by atoms with Gasteiger partial charge >= 0.3 is 0 Å². The molecule has 1 aromatic heterocycles. The zero-order valence-corrected chi connectivity index (χ0v) is 18.5. The summed E-state index contributed by atoms with van der Waals surface area (Å²) in [6.45, 7) is 2.43. The molecule has 0 bridgehead atoms. The number of methoxy groups -OCH3 is 1. The third kappa shape index (κ3) is 3.93. The van der Waals surface area contributed by atoms with E-state index in [1.165, 1.54) is 0 Å². The van der Waals surface area contributed by atoms with Crippen molar-refractivity contribution in [2.75, 3.05) is 17.3 Å². The lowest BCUT2D eigenvalue weighted by molar-refractivity contribution is -0.124. The fourth-order valence-electron chi connectivity index (χ4n) is 4.18. The summed E-state index contributed by atoms with van der Waals surface area (Å²) in [5, 5.41) is 2.88. The number of benzene rings is 3. The number of hydrogen-bond donors (Lipinski definition) is 1. The number of carbonyl (C=O) groups is 2. The summed E-state index contributed by atoms with van der Waals surface area (Å²) >= 11 is 0. The van der Waals surface area contributed by atoms with Crippen molar-refractivity contribution < 1.29 is 14.3 Å². The molecule has 166 valence electrons. The first-order valence-electron chi connectivity index (χ1n) is 10.8. The number of anilines is 2. The SMILES string of the molecule is COc1ccc(NC(=O)CC2C(=O)N(Cc3ccc(C)cc3)c3nc4ccccc4n32)cc1. The second-order valence-electron chi connectivity index (χ2n) is 8.18. The van der Waals surface area contributed by atoms with Crippen molar-refractivity contribution in [2.24, 2.45) is 0 Å². The van der Waals surface area contributed by atoms with E-state index >= 15 is 0 Å². The quantitative estimate of drug-likeness (QED) is 0.480. The maximum absolute atomic E-state index is 13.5. The highest BCUT2D eigenvalue weighted by Gasteiger charge is 2.40. The van der Waals surface area contributed by atoms with Gasteiger partial charge in [0.15, 0.2) is 0 Å². The molecule has 7 heteroatoms. The van der Waals surface area contributed by atoms with Crippen molar-refractivity contribution in [3.63, 3.8) is 0 Å². The number of hydrogen-bond acceptors (Lipinski definition) is 4. The van der Waals surface area contributed by atoms with Gasteiger partial charge in [-0.15, -0.1) is 0 Å². The molecule has 0 saturated carbocycles. The molecule has 0 aliphatic carbocycles. The third-order valence-electron chi connectivity index (χ3n) is 5.90. The fourth-order valence-corrected chi connectivity index (χ4v) is 4.18. The molecule has 4 aromatic rings. The smallest absolute Gasteiger partial charge is 0.253 e. The van der Waals surface area contributed by atoms with E-state index in [0.29, 0.717) is 23.9 Å². The minimum atomic E-state index is -0.656. The molecule has 0 radical (unpaired) electrons. The zero-order valence-electron chi connectivity index (χ0n) is 18.5. The average Bonchev–Trinajstić information content (AvgIpc) is 3.31. The molecule has 0 fully saturated rings. The van der Waals surface area contributed by atoms with Crippen LogP contribution in [-0.2, 0) is 16.1 Å². The van der Waals surface area contributed by atoms with Crippen LogP contribution in [0.15, 0.2) is 72.8 Å². The summed E-state index contributed by atoms with van der Waals surface area (Å²) < 4.78 is 7.05. The highest BCUT2D eigenvalue weighted by molar-refractivity contribution is 6.05. The first-order chi connectivity index (χ1) is 16.0. The molecule has 3 aromatic carbocycles. The minimum Gasteiger partial charge on any atom is -0.497 e. The number of nitrogens with one attached hydrogen (secondary N) is 1. The van der Waals surface area contributed by atoms with Crippen LogP contribution < -0.4 is 15.0 Å². The van der Waals surface area contributed by atoms with E-state index in [1.807, 2.05) is 60.0 Å². The van der Waals surface area contributed by atoms with E-state index in [0.717, 1.165) is 22.2 Å². The van der Waals surface area contributed by atoms with Gasteiger partial charge in [0.05, 0.1) is 31.1 Å². The van der Waals surface area contributed by atoms with Crippen molar-refractivity contribution in [3.05, 3.63) is 83.9 Å².